The number of fused-ring (bicyclic) bond motifs is 1. The van der Waals surface area contributed by atoms with Crippen molar-refractivity contribution in [1.29, 1.82) is 0 Å². The minimum absolute atomic E-state index is 0.0421. The molecule has 1 N–H and O–H groups in total. The number of nitrogens with zero attached hydrogens (tertiary/aromatic N) is 6. The number of halogens is 1. The van der Waals surface area contributed by atoms with Gasteiger partial charge in [-0.25, -0.2) is 14.5 Å². The van der Waals surface area contributed by atoms with Crippen LogP contribution in [0.15, 0.2) is 29.3 Å². The van der Waals surface area contributed by atoms with Crippen LogP contribution in [0.3, 0.4) is 0 Å². The topological polar surface area (TPSA) is 109 Å². The summed E-state index contributed by atoms with van der Waals surface area (Å²) in [5.74, 6) is 0.396. The predicted octanol–water partition coefficient (Wildman–Crippen LogP) is 1.28. The maximum absolute atomic E-state index is 13.0. The molecule has 4 heterocycles. The van der Waals surface area contributed by atoms with E-state index in [-0.39, 0.29) is 23.3 Å². The van der Waals surface area contributed by atoms with E-state index in [1.807, 2.05) is 16.7 Å². The van der Waals surface area contributed by atoms with E-state index in [2.05, 4.69) is 20.3 Å². The molecule has 0 spiro atoms. The number of nitrogens with one attached hydrogen (secondary N) is 1. The summed E-state index contributed by atoms with van der Waals surface area (Å²) in [6.07, 6.45) is 3.08. The molecule has 0 aromatic carbocycles. The van der Waals surface area contributed by atoms with Gasteiger partial charge in [-0.15, -0.1) is 0 Å². The van der Waals surface area contributed by atoms with Crippen LogP contribution in [0.2, 0.25) is 0 Å². The van der Waals surface area contributed by atoms with Crippen LogP contribution in [0.1, 0.15) is 25.1 Å². The minimum atomic E-state index is -0.363. The van der Waals surface area contributed by atoms with Crippen LogP contribution in [0.5, 0.6) is 0 Å². The third-order valence-electron chi connectivity index (χ3n) is 5.61. The van der Waals surface area contributed by atoms with Crippen molar-refractivity contribution in [3.05, 3.63) is 46.4 Å². The van der Waals surface area contributed by atoms with Crippen LogP contribution in [0.4, 0.5) is 10.2 Å². The molecule has 10 nitrogen and oxygen atoms in total. The van der Waals surface area contributed by atoms with E-state index in [1.54, 1.807) is 23.9 Å². The number of ether oxygens (including phenoxy) is 1. The van der Waals surface area contributed by atoms with Crippen LogP contribution >= 0.6 is 0 Å². The van der Waals surface area contributed by atoms with E-state index in [0.717, 1.165) is 5.82 Å². The average Bonchev–Trinajstić information content (AvgIpc) is 3.15. The quantitative estimate of drug-likeness (QED) is 0.548. The Hall–Kier alpha value is -3.34. The first kappa shape index (κ1) is 21.9. The molecule has 1 aliphatic rings. The number of aromatic nitrogens is 5. The second-order valence-electron chi connectivity index (χ2n) is 7.87. The zero-order valence-corrected chi connectivity index (χ0v) is 18.1. The van der Waals surface area contributed by atoms with Crippen LogP contribution in [-0.4, -0.2) is 75.2 Å². The Kier molecular flexibility index (Phi) is 6.45. The second-order valence-corrected chi connectivity index (χ2v) is 7.87. The monoisotopic (exact) mass is 443 g/mol. The van der Waals surface area contributed by atoms with Crippen molar-refractivity contribution in [1.82, 2.24) is 29.9 Å². The molecule has 3 aromatic heterocycles. The molecule has 170 valence electrons. The van der Waals surface area contributed by atoms with Crippen LogP contribution in [-0.2, 0) is 9.53 Å². The van der Waals surface area contributed by atoms with E-state index >= 15 is 0 Å². The first-order valence-electron chi connectivity index (χ1n) is 10.6. The van der Waals surface area contributed by atoms with E-state index in [9.17, 15) is 14.0 Å². The Labute approximate surface area is 184 Å². The lowest BCUT2D eigenvalue weighted by Gasteiger charge is -2.35. The minimum Gasteiger partial charge on any atom is -0.379 e. The molecule has 3 aromatic rings. The number of pyridine rings is 1. The van der Waals surface area contributed by atoms with Crippen LogP contribution in [0, 0.1) is 12.7 Å². The van der Waals surface area contributed by atoms with Crippen molar-refractivity contribution in [3.63, 3.8) is 0 Å². The molecule has 11 heteroatoms. The first-order valence-corrected chi connectivity index (χ1v) is 10.6. The Morgan fingerprint density at radius 2 is 2.03 bits per heavy atom. The van der Waals surface area contributed by atoms with Gasteiger partial charge in [0, 0.05) is 26.2 Å². The highest BCUT2D eigenvalue weighted by Crippen LogP contribution is 2.18. The lowest BCUT2D eigenvalue weighted by atomic mass is 10.2. The van der Waals surface area contributed by atoms with Gasteiger partial charge in [-0.05, 0) is 26.0 Å². The number of piperazine rings is 1. The lowest BCUT2D eigenvalue weighted by molar-refractivity contribution is -0.132. The molecule has 32 heavy (non-hydrogen) atoms. The number of hydrogen-bond acceptors (Lipinski definition) is 7. The molecule has 0 saturated carbocycles. The zero-order chi connectivity index (χ0) is 22.7. The van der Waals surface area contributed by atoms with Gasteiger partial charge >= 0.3 is 0 Å². The lowest BCUT2D eigenvalue weighted by Crippen LogP contribution is -2.49. The van der Waals surface area contributed by atoms with Gasteiger partial charge in [0.15, 0.2) is 0 Å². The highest BCUT2D eigenvalue weighted by Gasteiger charge is 2.22. The third kappa shape index (κ3) is 4.62. The van der Waals surface area contributed by atoms with Gasteiger partial charge in [0.1, 0.15) is 11.6 Å². The molecule has 1 unspecified atom stereocenters. The number of amides is 1. The summed E-state index contributed by atoms with van der Waals surface area (Å²) in [5.41, 5.74) is 1.04. The van der Waals surface area contributed by atoms with Crippen molar-refractivity contribution in [2.75, 3.05) is 44.3 Å². The van der Waals surface area contributed by atoms with Crippen molar-refractivity contribution in [2.24, 2.45) is 0 Å². The van der Waals surface area contributed by atoms with Gasteiger partial charge in [-0.3, -0.25) is 14.3 Å². The summed E-state index contributed by atoms with van der Waals surface area (Å²) in [4.78, 5) is 32.4. The fraction of sp³-hybridized carbons (Fsp3) is 0.476. The normalized spacial score (nSPS) is 15.3. The largest absolute Gasteiger partial charge is 0.379 e. The van der Waals surface area contributed by atoms with E-state index in [1.165, 1.54) is 12.3 Å². The SMILES string of the molecule is Cc1nn(C(C)COCCC(=O)N2CCN(c3ccc(F)cn3)CC2)c2cn[nH]c(=O)c12. The molecule has 1 amide bonds. The van der Waals surface area contributed by atoms with Crippen molar-refractivity contribution < 1.29 is 13.9 Å². The number of carbonyl (C=O) groups excluding carboxylic acids is 1. The molecular formula is C21H26FN7O3. The number of aryl methyl sites for hydroxylation is 1. The second kappa shape index (κ2) is 9.43. The van der Waals surface area contributed by atoms with Crippen LogP contribution in [0.25, 0.3) is 10.9 Å². The number of carbonyl (C=O) groups is 1. The maximum atomic E-state index is 13.0. The molecule has 1 saturated heterocycles. The summed E-state index contributed by atoms with van der Waals surface area (Å²) in [7, 11) is 0. The highest BCUT2D eigenvalue weighted by atomic mass is 19.1. The molecule has 1 atom stereocenters. The first-order chi connectivity index (χ1) is 15.4. The zero-order valence-electron chi connectivity index (χ0n) is 18.1. The average molecular weight is 443 g/mol. The standard InChI is InChI=1S/C21H26FN7O3/c1-14(29-17-12-24-25-21(31)20(17)15(2)26-29)13-32-10-5-19(30)28-8-6-27(7-9-28)18-4-3-16(22)11-23-18/h3-4,11-12,14H,5-10,13H2,1-2H3,(H,25,31). The number of H-pyrrole nitrogens is 1. The summed E-state index contributed by atoms with van der Waals surface area (Å²) < 4.78 is 20.5. The Morgan fingerprint density at radius 3 is 2.75 bits per heavy atom. The summed E-state index contributed by atoms with van der Waals surface area (Å²) in [5, 5.41) is 11.2. The number of rotatable bonds is 7. The van der Waals surface area contributed by atoms with E-state index < -0.39 is 0 Å². The Morgan fingerprint density at radius 1 is 1.25 bits per heavy atom. The maximum Gasteiger partial charge on any atom is 0.275 e. The Bertz CT molecular complexity index is 1140. The van der Waals surface area contributed by atoms with Gasteiger partial charge in [0.05, 0.1) is 54.7 Å². The highest BCUT2D eigenvalue weighted by molar-refractivity contribution is 5.79. The van der Waals surface area contributed by atoms with Gasteiger partial charge in [-0.2, -0.15) is 10.2 Å². The smallest absolute Gasteiger partial charge is 0.275 e. The molecule has 0 aliphatic carbocycles. The fourth-order valence-corrected chi connectivity index (χ4v) is 3.90. The van der Waals surface area contributed by atoms with E-state index in [0.29, 0.717) is 62.4 Å². The Balaban J connectivity index is 1.22. The summed E-state index contributed by atoms with van der Waals surface area (Å²) in [6, 6.07) is 2.93. The van der Waals surface area contributed by atoms with Gasteiger partial charge in [-0.1, -0.05) is 0 Å². The van der Waals surface area contributed by atoms with Crippen molar-refractivity contribution in [3.8, 4) is 0 Å². The third-order valence-corrected chi connectivity index (χ3v) is 5.61. The summed E-state index contributed by atoms with van der Waals surface area (Å²) >= 11 is 0. The van der Waals surface area contributed by atoms with Gasteiger partial charge < -0.3 is 14.5 Å². The van der Waals surface area contributed by atoms with E-state index in [4.69, 9.17) is 4.74 Å². The fourth-order valence-electron chi connectivity index (χ4n) is 3.90. The molecule has 1 fully saturated rings. The molecular weight excluding hydrogens is 417 g/mol. The van der Waals surface area contributed by atoms with Crippen molar-refractivity contribution in [2.45, 2.75) is 26.3 Å². The summed E-state index contributed by atoms with van der Waals surface area (Å²) in [6.45, 7) is 6.88. The van der Waals surface area contributed by atoms with Gasteiger partial charge in [0.2, 0.25) is 5.91 Å². The van der Waals surface area contributed by atoms with Gasteiger partial charge in [0.25, 0.3) is 5.56 Å². The predicted molar refractivity (Wildman–Crippen MR) is 116 cm³/mol. The number of anilines is 1. The molecule has 0 radical (unpaired) electrons. The molecule has 1 aliphatic heterocycles. The molecule has 0 bridgehead atoms. The number of hydrogen-bond donors (Lipinski definition) is 1. The van der Waals surface area contributed by atoms with Crippen LogP contribution < -0.4 is 10.5 Å². The number of aromatic amines is 1. The van der Waals surface area contributed by atoms with Crippen molar-refractivity contribution >= 4 is 22.6 Å². The molecule has 4 rings (SSSR count).